The molecule has 0 amide bonds. The Bertz CT molecular complexity index is 1200. The van der Waals surface area contributed by atoms with Crippen molar-refractivity contribution in [3.05, 3.63) is 34.5 Å². The van der Waals surface area contributed by atoms with Crippen LogP contribution in [0.4, 0.5) is 0 Å². The number of aliphatic hydroxyl groups excluding tert-OH is 3. The van der Waals surface area contributed by atoms with Gasteiger partial charge in [-0.25, -0.2) is 0 Å². The highest BCUT2D eigenvalue weighted by Gasteiger charge is 2.46. The van der Waals surface area contributed by atoms with Crippen LogP contribution in [0.15, 0.2) is 33.5 Å². The third-order valence-electron chi connectivity index (χ3n) is 5.28. The Morgan fingerprint density at radius 3 is 2.28 bits per heavy atom. The molecular formula is C21H22O11. The Labute approximate surface area is 180 Å². The smallest absolute Gasteiger partial charge is 0.231 e. The van der Waals surface area contributed by atoms with Crippen LogP contribution >= 0.6 is 0 Å². The highest BCUT2D eigenvalue weighted by Crippen LogP contribution is 2.44. The number of benzene rings is 2. The van der Waals surface area contributed by atoms with Gasteiger partial charge in [-0.3, -0.25) is 4.79 Å². The summed E-state index contributed by atoms with van der Waals surface area (Å²) in [6.07, 6.45) is -7.76. The van der Waals surface area contributed by atoms with Crippen molar-refractivity contribution < 1.29 is 48.5 Å². The zero-order valence-corrected chi connectivity index (χ0v) is 17.3. The summed E-state index contributed by atoms with van der Waals surface area (Å²) >= 11 is 0. The highest BCUT2D eigenvalue weighted by molar-refractivity contribution is 5.96. The number of phenols is 1. The van der Waals surface area contributed by atoms with Crippen molar-refractivity contribution in [2.75, 3.05) is 21.3 Å². The molecule has 2 heterocycles. The Hall–Kier alpha value is -3.09. The lowest BCUT2D eigenvalue weighted by molar-refractivity contribution is -0.327. The summed E-state index contributed by atoms with van der Waals surface area (Å²) in [5.41, 5.74) is -0.278. The molecule has 1 aromatic heterocycles. The number of fused-ring (bicyclic) bond motifs is 2. The molecule has 0 radical (unpaired) electrons. The normalized spacial score (nSPS) is 25.8. The Morgan fingerprint density at radius 2 is 1.62 bits per heavy atom. The molecule has 32 heavy (non-hydrogen) atoms. The molecule has 4 rings (SSSR count). The average molecular weight is 450 g/mol. The van der Waals surface area contributed by atoms with Crippen molar-refractivity contribution >= 4 is 21.9 Å². The molecule has 5 atom stereocenters. The summed E-state index contributed by atoms with van der Waals surface area (Å²) in [6, 6.07) is 5.94. The van der Waals surface area contributed by atoms with Crippen LogP contribution in [0.25, 0.3) is 21.9 Å². The van der Waals surface area contributed by atoms with Crippen molar-refractivity contribution in [2.45, 2.75) is 30.9 Å². The molecule has 1 fully saturated rings. The van der Waals surface area contributed by atoms with Crippen LogP contribution in [-0.4, -0.2) is 72.6 Å². The second-order valence-corrected chi connectivity index (χ2v) is 7.12. The monoisotopic (exact) mass is 450 g/mol. The number of aromatic hydroxyl groups is 1. The number of phenolic OH excluding ortho intramolecular Hbond substituents is 1. The van der Waals surface area contributed by atoms with E-state index >= 15 is 0 Å². The number of hydrogen-bond acceptors (Lipinski definition) is 11. The SMILES string of the molecule is COc1ccc2c(=O)c3c(O)c(OC4OC(OC)C(O)C(O)C4O)c(OC)cc3oc2c1. The van der Waals surface area contributed by atoms with E-state index in [9.17, 15) is 25.2 Å². The summed E-state index contributed by atoms with van der Waals surface area (Å²) in [5.74, 6) is -0.502. The molecule has 2 aromatic carbocycles. The third-order valence-corrected chi connectivity index (χ3v) is 5.28. The van der Waals surface area contributed by atoms with Crippen LogP contribution in [0.5, 0.6) is 23.0 Å². The maximum absolute atomic E-state index is 13.1. The van der Waals surface area contributed by atoms with Crippen molar-refractivity contribution in [2.24, 2.45) is 0 Å². The van der Waals surface area contributed by atoms with Crippen LogP contribution in [0.2, 0.25) is 0 Å². The van der Waals surface area contributed by atoms with Crippen molar-refractivity contribution in [3.63, 3.8) is 0 Å². The molecule has 0 spiro atoms. The molecule has 0 saturated carbocycles. The predicted molar refractivity (Wildman–Crippen MR) is 109 cm³/mol. The van der Waals surface area contributed by atoms with Gasteiger partial charge in [0, 0.05) is 19.2 Å². The van der Waals surface area contributed by atoms with Gasteiger partial charge in [-0.2, -0.15) is 0 Å². The van der Waals surface area contributed by atoms with Crippen LogP contribution in [0.1, 0.15) is 0 Å². The second kappa shape index (κ2) is 8.45. The van der Waals surface area contributed by atoms with Gasteiger partial charge in [0.25, 0.3) is 0 Å². The fraction of sp³-hybridized carbons (Fsp3) is 0.381. The molecule has 5 unspecified atom stereocenters. The molecular weight excluding hydrogens is 428 g/mol. The lowest BCUT2D eigenvalue weighted by Gasteiger charge is -2.39. The van der Waals surface area contributed by atoms with Gasteiger partial charge in [0.15, 0.2) is 17.8 Å². The van der Waals surface area contributed by atoms with Crippen molar-refractivity contribution in [3.8, 4) is 23.0 Å². The molecule has 11 heteroatoms. The standard InChI is InChI=1S/C21H22O11/c1-27-8-4-5-9-10(6-8)30-11-7-12(28-2)19(15(23)13(11)14(9)22)31-21-18(26)16(24)17(25)20(29-3)32-21/h4-7,16-18,20-21,23-26H,1-3H3. The topological polar surface area (TPSA) is 157 Å². The Kier molecular flexibility index (Phi) is 5.84. The number of methoxy groups -OCH3 is 3. The van der Waals surface area contributed by atoms with Gasteiger partial charge in [-0.15, -0.1) is 0 Å². The van der Waals surface area contributed by atoms with E-state index in [1.165, 1.54) is 39.5 Å². The lowest BCUT2D eigenvalue weighted by atomic mass is 10.0. The second-order valence-electron chi connectivity index (χ2n) is 7.12. The van der Waals surface area contributed by atoms with Gasteiger partial charge < -0.3 is 48.5 Å². The van der Waals surface area contributed by atoms with E-state index in [0.29, 0.717) is 5.75 Å². The van der Waals surface area contributed by atoms with Crippen LogP contribution in [0.3, 0.4) is 0 Å². The summed E-state index contributed by atoms with van der Waals surface area (Å²) in [4.78, 5) is 13.1. The summed E-state index contributed by atoms with van der Waals surface area (Å²) in [6.45, 7) is 0. The first-order valence-corrected chi connectivity index (χ1v) is 9.54. The van der Waals surface area contributed by atoms with Gasteiger partial charge in [0.05, 0.1) is 19.6 Å². The van der Waals surface area contributed by atoms with Gasteiger partial charge in [-0.1, -0.05) is 0 Å². The van der Waals surface area contributed by atoms with E-state index < -0.39 is 42.1 Å². The highest BCUT2D eigenvalue weighted by atomic mass is 16.8. The molecule has 172 valence electrons. The molecule has 1 saturated heterocycles. The van der Waals surface area contributed by atoms with E-state index in [-0.39, 0.29) is 33.4 Å². The van der Waals surface area contributed by atoms with E-state index in [1.54, 1.807) is 6.07 Å². The van der Waals surface area contributed by atoms with Gasteiger partial charge >= 0.3 is 0 Å². The van der Waals surface area contributed by atoms with Crippen LogP contribution in [-0.2, 0) is 9.47 Å². The zero-order chi connectivity index (χ0) is 23.2. The third kappa shape index (κ3) is 3.49. The summed E-state index contributed by atoms with van der Waals surface area (Å²) in [7, 11) is 4.00. The molecule has 1 aliphatic rings. The first-order valence-electron chi connectivity index (χ1n) is 9.54. The summed E-state index contributed by atoms with van der Waals surface area (Å²) in [5, 5.41) is 41.1. The lowest BCUT2D eigenvalue weighted by Crippen LogP contribution is -2.59. The number of hydrogen-bond donors (Lipinski definition) is 4. The zero-order valence-electron chi connectivity index (χ0n) is 17.3. The number of rotatable bonds is 5. The average Bonchev–Trinajstić information content (AvgIpc) is 2.80. The molecule has 0 aliphatic carbocycles. The first-order chi connectivity index (χ1) is 15.3. The van der Waals surface area contributed by atoms with E-state index in [2.05, 4.69) is 0 Å². The van der Waals surface area contributed by atoms with Crippen LogP contribution in [0, 0.1) is 0 Å². The number of aliphatic hydroxyl groups is 3. The summed E-state index contributed by atoms with van der Waals surface area (Å²) < 4.78 is 32.0. The fourth-order valence-electron chi connectivity index (χ4n) is 3.55. The molecule has 0 bridgehead atoms. The molecule has 1 aliphatic heterocycles. The van der Waals surface area contributed by atoms with Crippen molar-refractivity contribution in [1.29, 1.82) is 0 Å². The number of ether oxygens (including phenoxy) is 5. The van der Waals surface area contributed by atoms with Gasteiger partial charge in [0.2, 0.25) is 17.5 Å². The van der Waals surface area contributed by atoms with Gasteiger partial charge in [0.1, 0.15) is 40.6 Å². The predicted octanol–water partition coefficient (Wildman–Crippen LogP) is 0.459. The van der Waals surface area contributed by atoms with E-state index in [4.69, 9.17) is 28.1 Å². The minimum absolute atomic E-state index is 0.0211. The van der Waals surface area contributed by atoms with Crippen molar-refractivity contribution in [1.82, 2.24) is 0 Å². The Balaban J connectivity index is 1.84. The Morgan fingerprint density at radius 1 is 0.906 bits per heavy atom. The van der Waals surface area contributed by atoms with Gasteiger partial charge in [-0.05, 0) is 12.1 Å². The van der Waals surface area contributed by atoms with Crippen LogP contribution < -0.4 is 19.6 Å². The van der Waals surface area contributed by atoms with E-state index in [0.717, 1.165) is 0 Å². The molecule has 3 aromatic rings. The first kappa shape index (κ1) is 22.1. The van der Waals surface area contributed by atoms with E-state index in [1.807, 2.05) is 0 Å². The maximum atomic E-state index is 13.1. The fourth-order valence-corrected chi connectivity index (χ4v) is 3.55. The quantitative estimate of drug-likeness (QED) is 0.400. The minimum Gasteiger partial charge on any atom is -0.504 e. The maximum Gasteiger partial charge on any atom is 0.231 e. The minimum atomic E-state index is -1.70. The molecule has 11 nitrogen and oxygen atoms in total. The molecule has 4 N–H and O–H groups in total. The largest absolute Gasteiger partial charge is 0.504 e.